The van der Waals surface area contributed by atoms with Crippen molar-refractivity contribution in [3.05, 3.63) is 0 Å². The van der Waals surface area contributed by atoms with Crippen LogP contribution < -0.4 is 0 Å². The number of likely N-dealkylation sites (N-methyl/N-ethyl adjacent to an activating group) is 1. The van der Waals surface area contributed by atoms with Crippen molar-refractivity contribution in [3.63, 3.8) is 0 Å². The van der Waals surface area contributed by atoms with Gasteiger partial charge in [-0.2, -0.15) is 0 Å². The average molecular weight is 242 g/mol. The zero-order valence-corrected chi connectivity index (χ0v) is 10.3. The van der Waals surface area contributed by atoms with E-state index in [4.69, 9.17) is 5.11 Å². The largest absolute Gasteiger partial charge is 0.480 e. The maximum Gasteiger partial charge on any atom is 0.326 e. The van der Waals surface area contributed by atoms with Crippen molar-refractivity contribution >= 4 is 17.8 Å². The molecule has 0 spiro atoms. The summed E-state index contributed by atoms with van der Waals surface area (Å²) in [7, 11) is 3.12. The summed E-state index contributed by atoms with van der Waals surface area (Å²) in [5.74, 6) is -1.76. The fraction of sp³-hybridized carbons (Fsp3) is 0.727. The summed E-state index contributed by atoms with van der Waals surface area (Å²) in [5, 5.41) is 8.97. The van der Waals surface area contributed by atoms with Gasteiger partial charge >= 0.3 is 5.97 Å². The maximum absolute atomic E-state index is 12.0. The quantitative estimate of drug-likeness (QED) is 0.739. The molecule has 1 aliphatic rings. The maximum atomic E-state index is 12.0. The number of carbonyl (C=O) groups excluding carboxylic acids is 2. The van der Waals surface area contributed by atoms with E-state index in [0.29, 0.717) is 13.0 Å². The lowest BCUT2D eigenvalue weighted by Crippen LogP contribution is -2.45. The van der Waals surface area contributed by atoms with E-state index in [1.807, 2.05) is 0 Å². The van der Waals surface area contributed by atoms with Gasteiger partial charge < -0.3 is 14.9 Å². The van der Waals surface area contributed by atoms with E-state index in [9.17, 15) is 14.4 Å². The van der Waals surface area contributed by atoms with Crippen LogP contribution in [0.1, 0.15) is 19.8 Å². The minimum Gasteiger partial charge on any atom is -0.480 e. The lowest BCUT2D eigenvalue weighted by Gasteiger charge is -2.26. The van der Waals surface area contributed by atoms with Crippen molar-refractivity contribution in [2.45, 2.75) is 25.8 Å². The second-order valence-electron chi connectivity index (χ2n) is 4.39. The van der Waals surface area contributed by atoms with Gasteiger partial charge in [0.25, 0.3) is 0 Å². The van der Waals surface area contributed by atoms with Gasteiger partial charge in [0.1, 0.15) is 6.04 Å². The van der Waals surface area contributed by atoms with Gasteiger partial charge in [-0.05, 0) is 6.42 Å². The molecule has 0 bridgehead atoms. The zero-order chi connectivity index (χ0) is 13.2. The smallest absolute Gasteiger partial charge is 0.326 e. The Morgan fingerprint density at radius 2 is 2.18 bits per heavy atom. The van der Waals surface area contributed by atoms with Gasteiger partial charge in [-0.25, -0.2) is 4.79 Å². The summed E-state index contributed by atoms with van der Waals surface area (Å²) in [4.78, 5) is 37.0. The highest BCUT2D eigenvalue weighted by molar-refractivity contribution is 5.91. The van der Waals surface area contributed by atoms with Crippen LogP contribution in [0.2, 0.25) is 0 Å². The lowest BCUT2D eigenvalue weighted by atomic mass is 10.1. The van der Waals surface area contributed by atoms with Crippen LogP contribution in [-0.4, -0.2) is 59.4 Å². The minimum atomic E-state index is -1.01. The van der Waals surface area contributed by atoms with E-state index >= 15 is 0 Å². The van der Waals surface area contributed by atoms with E-state index in [1.165, 1.54) is 16.8 Å². The van der Waals surface area contributed by atoms with Crippen molar-refractivity contribution in [1.82, 2.24) is 9.80 Å². The van der Waals surface area contributed by atoms with Gasteiger partial charge in [0.05, 0.1) is 5.92 Å². The molecule has 1 N–H and O–H groups in total. The first-order chi connectivity index (χ1) is 7.88. The molecule has 1 fully saturated rings. The van der Waals surface area contributed by atoms with E-state index in [-0.39, 0.29) is 18.2 Å². The zero-order valence-electron chi connectivity index (χ0n) is 10.3. The van der Waals surface area contributed by atoms with E-state index in [1.54, 1.807) is 14.0 Å². The Balaban J connectivity index is 2.70. The average Bonchev–Trinajstić information content (AvgIpc) is 2.58. The van der Waals surface area contributed by atoms with Crippen molar-refractivity contribution in [1.29, 1.82) is 0 Å². The second-order valence-corrected chi connectivity index (χ2v) is 4.39. The van der Waals surface area contributed by atoms with Crippen LogP contribution in [0.15, 0.2) is 0 Å². The first kappa shape index (κ1) is 13.5. The molecule has 0 radical (unpaired) electrons. The Morgan fingerprint density at radius 1 is 1.59 bits per heavy atom. The molecule has 0 aromatic rings. The normalized spacial score (nSPS) is 21.5. The predicted octanol–water partition coefficient (Wildman–Crippen LogP) is -0.214. The summed E-state index contributed by atoms with van der Waals surface area (Å²) in [5.41, 5.74) is 0. The van der Waals surface area contributed by atoms with Crippen LogP contribution in [-0.2, 0) is 14.4 Å². The van der Waals surface area contributed by atoms with Gasteiger partial charge in [0.2, 0.25) is 11.8 Å². The molecule has 0 aromatic carbocycles. The molecular formula is C11H18N2O4. The summed E-state index contributed by atoms with van der Waals surface area (Å²) in [6.45, 7) is 2.09. The molecule has 0 aromatic heterocycles. The van der Waals surface area contributed by atoms with Crippen molar-refractivity contribution in [2.24, 2.45) is 5.92 Å². The molecule has 1 heterocycles. The fourth-order valence-corrected chi connectivity index (χ4v) is 2.08. The molecule has 0 aliphatic carbocycles. The molecular weight excluding hydrogens is 224 g/mol. The van der Waals surface area contributed by atoms with E-state index in [0.717, 1.165) is 0 Å². The summed E-state index contributed by atoms with van der Waals surface area (Å²) in [6.07, 6.45) is 0.532. The molecule has 6 nitrogen and oxygen atoms in total. The van der Waals surface area contributed by atoms with Crippen molar-refractivity contribution in [2.75, 3.05) is 20.6 Å². The number of likely N-dealkylation sites (tertiary alicyclic amines) is 1. The first-order valence-electron chi connectivity index (χ1n) is 5.61. The number of aliphatic carboxylic acids is 1. The van der Waals surface area contributed by atoms with Crippen LogP contribution in [0.25, 0.3) is 0 Å². The molecule has 1 rings (SSSR count). The molecule has 0 saturated carbocycles. The minimum absolute atomic E-state index is 0.0693. The van der Waals surface area contributed by atoms with Crippen LogP contribution >= 0.6 is 0 Å². The van der Waals surface area contributed by atoms with Crippen molar-refractivity contribution < 1.29 is 19.5 Å². The molecule has 1 saturated heterocycles. The molecule has 2 atom stereocenters. The molecule has 17 heavy (non-hydrogen) atoms. The topological polar surface area (TPSA) is 77.9 Å². The first-order valence-corrected chi connectivity index (χ1v) is 5.61. The number of nitrogens with zero attached hydrogens (tertiary/aromatic N) is 2. The molecule has 6 heteroatoms. The third kappa shape index (κ3) is 2.75. The third-order valence-corrected chi connectivity index (χ3v) is 3.18. The van der Waals surface area contributed by atoms with Crippen LogP contribution in [0.5, 0.6) is 0 Å². The Morgan fingerprint density at radius 3 is 2.53 bits per heavy atom. The third-order valence-electron chi connectivity index (χ3n) is 3.18. The summed E-state index contributed by atoms with van der Waals surface area (Å²) < 4.78 is 0. The second kappa shape index (κ2) is 5.16. The van der Waals surface area contributed by atoms with Gasteiger partial charge in [-0.3, -0.25) is 9.59 Å². The predicted molar refractivity (Wildman–Crippen MR) is 60.2 cm³/mol. The van der Waals surface area contributed by atoms with E-state index < -0.39 is 17.9 Å². The van der Waals surface area contributed by atoms with E-state index in [2.05, 4.69) is 0 Å². The van der Waals surface area contributed by atoms with Crippen LogP contribution in [0, 0.1) is 5.92 Å². The Bertz CT molecular complexity index is 342. The summed E-state index contributed by atoms with van der Waals surface area (Å²) >= 11 is 0. The number of hydrogen-bond donors (Lipinski definition) is 1. The van der Waals surface area contributed by atoms with Gasteiger partial charge in [-0.15, -0.1) is 0 Å². The van der Waals surface area contributed by atoms with Gasteiger partial charge in [0.15, 0.2) is 0 Å². The van der Waals surface area contributed by atoms with Crippen LogP contribution in [0.3, 0.4) is 0 Å². The molecule has 2 amide bonds. The number of carbonyl (C=O) groups is 3. The lowest BCUT2D eigenvalue weighted by molar-refractivity contribution is -0.150. The summed E-state index contributed by atoms with van der Waals surface area (Å²) in [6, 6.07) is -0.816. The molecule has 1 aliphatic heterocycles. The fourth-order valence-electron chi connectivity index (χ4n) is 2.08. The van der Waals surface area contributed by atoms with Crippen molar-refractivity contribution in [3.8, 4) is 0 Å². The monoisotopic (exact) mass is 242 g/mol. The SMILES string of the molecule is CCC(C(=O)O)N(C)C(=O)C1CC(=O)N(C)C1. The Kier molecular flexibility index (Phi) is 4.09. The van der Waals surface area contributed by atoms with Gasteiger partial charge in [-0.1, -0.05) is 6.92 Å². The Hall–Kier alpha value is -1.59. The highest BCUT2D eigenvalue weighted by Crippen LogP contribution is 2.19. The number of rotatable bonds is 4. The molecule has 96 valence electrons. The highest BCUT2D eigenvalue weighted by atomic mass is 16.4. The highest BCUT2D eigenvalue weighted by Gasteiger charge is 2.36. The van der Waals surface area contributed by atoms with Gasteiger partial charge in [0, 0.05) is 27.1 Å². The number of hydrogen-bond acceptors (Lipinski definition) is 3. The number of carboxylic acid groups (broad SMARTS) is 1. The molecule has 2 unspecified atom stereocenters. The Labute approximate surface area is 100 Å². The van der Waals surface area contributed by atoms with Crippen LogP contribution in [0.4, 0.5) is 0 Å². The number of carboxylic acids is 1. The standard InChI is InChI=1S/C11H18N2O4/c1-4-8(11(16)17)13(3)10(15)7-5-9(14)12(2)6-7/h7-8H,4-6H2,1-3H3,(H,16,17). The number of amides is 2.